The molecule has 0 saturated heterocycles. The highest BCUT2D eigenvalue weighted by Crippen LogP contribution is 2.49. The van der Waals surface area contributed by atoms with E-state index < -0.39 is 11.8 Å². The minimum Gasteiger partial charge on any atom is -0.497 e. The number of Topliss-reactive ketones (excluding diaryl/α,β-unsaturated/α-hetero) is 1. The Bertz CT molecular complexity index is 1580. The van der Waals surface area contributed by atoms with Crippen LogP contribution in [0.25, 0.3) is 0 Å². The van der Waals surface area contributed by atoms with Crippen LogP contribution in [-0.4, -0.2) is 25.2 Å². The summed E-state index contributed by atoms with van der Waals surface area (Å²) >= 11 is 9.78. The van der Waals surface area contributed by atoms with Crippen molar-refractivity contribution in [1.82, 2.24) is 0 Å². The maximum absolute atomic E-state index is 13.8. The van der Waals surface area contributed by atoms with Gasteiger partial charge < -0.3 is 14.2 Å². The summed E-state index contributed by atoms with van der Waals surface area (Å²) in [6.45, 7) is 4.51. The fraction of sp³-hybridized carbons (Fsp3) is 0.303. The van der Waals surface area contributed by atoms with Crippen LogP contribution >= 0.6 is 27.5 Å². The lowest BCUT2D eigenvalue weighted by molar-refractivity contribution is -0.116. The van der Waals surface area contributed by atoms with Gasteiger partial charge in [0, 0.05) is 34.3 Å². The third kappa shape index (κ3) is 6.05. The highest BCUT2D eigenvalue weighted by Gasteiger charge is 2.42. The fourth-order valence-electron chi connectivity index (χ4n) is 5.65. The Morgan fingerprint density at radius 3 is 2.56 bits per heavy atom. The fourth-order valence-corrected chi connectivity index (χ4v) is 6.35. The monoisotopic (exact) mass is 632 g/mol. The first-order valence-electron chi connectivity index (χ1n) is 13.5. The zero-order valence-electron chi connectivity index (χ0n) is 23.1. The highest BCUT2D eigenvalue weighted by molar-refractivity contribution is 9.10. The molecule has 0 radical (unpaired) electrons. The average Bonchev–Trinajstić information content (AvgIpc) is 2.96. The Morgan fingerprint density at radius 1 is 1.07 bits per heavy atom. The minimum absolute atomic E-state index is 0.00691. The van der Waals surface area contributed by atoms with Crippen LogP contribution in [0.4, 0.5) is 0 Å². The Hall–Kier alpha value is -3.60. The van der Waals surface area contributed by atoms with E-state index in [0.717, 1.165) is 28.1 Å². The largest absolute Gasteiger partial charge is 0.497 e. The Balaban J connectivity index is 1.51. The maximum atomic E-state index is 13.8. The van der Waals surface area contributed by atoms with Crippen molar-refractivity contribution in [2.45, 2.75) is 45.1 Å². The van der Waals surface area contributed by atoms with E-state index in [1.165, 1.54) is 0 Å². The number of ether oxygens (including phenoxy) is 3. The van der Waals surface area contributed by atoms with E-state index in [0.29, 0.717) is 58.3 Å². The van der Waals surface area contributed by atoms with Gasteiger partial charge in [0.15, 0.2) is 17.3 Å². The predicted molar refractivity (Wildman–Crippen MR) is 163 cm³/mol. The first-order valence-corrected chi connectivity index (χ1v) is 14.7. The predicted octanol–water partition coefficient (Wildman–Crippen LogP) is 8.19. The zero-order chi connectivity index (χ0) is 29.1. The van der Waals surface area contributed by atoms with Gasteiger partial charge in [0.2, 0.25) is 0 Å². The second-order valence-electron chi connectivity index (χ2n) is 10.2. The lowest BCUT2D eigenvalue weighted by Gasteiger charge is -2.35. The number of aliphatic imine (C=N–C) groups is 1. The van der Waals surface area contributed by atoms with E-state index in [-0.39, 0.29) is 11.7 Å². The van der Waals surface area contributed by atoms with Gasteiger partial charge in [-0.1, -0.05) is 35.9 Å². The second-order valence-corrected chi connectivity index (χ2v) is 11.5. The molecule has 8 heteroatoms. The number of halogens is 2. The zero-order valence-corrected chi connectivity index (χ0v) is 25.5. The number of hydrogen-bond acceptors (Lipinski definition) is 6. The third-order valence-corrected chi connectivity index (χ3v) is 8.42. The van der Waals surface area contributed by atoms with Crippen LogP contribution < -0.4 is 14.2 Å². The third-order valence-electron chi connectivity index (χ3n) is 7.58. The summed E-state index contributed by atoms with van der Waals surface area (Å²) in [5.41, 5.74) is 4.88. The molecule has 3 aromatic rings. The molecule has 0 saturated carbocycles. The van der Waals surface area contributed by atoms with Gasteiger partial charge in [-0.2, -0.15) is 5.26 Å². The van der Waals surface area contributed by atoms with E-state index in [9.17, 15) is 10.1 Å². The van der Waals surface area contributed by atoms with E-state index in [2.05, 4.69) is 22.0 Å². The van der Waals surface area contributed by atoms with Gasteiger partial charge in [-0.15, -0.1) is 0 Å². The number of nitriles is 1. The van der Waals surface area contributed by atoms with Crippen molar-refractivity contribution in [2.75, 3.05) is 13.7 Å². The number of allylic oxidation sites excluding steroid dienone is 2. The molecule has 1 heterocycles. The summed E-state index contributed by atoms with van der Waals surface area (Å²) in [5.74, 6) is 0.833. The molecule has 0 bridgehead atoms. The van der Waals surface area contributed by atoms with Crippen LogP contribution in [0.3, 0.4) is 0 Å². The van der Waals surface area contributed by atoms with Gasteiger partial charge in [0.1, 0.15) is 12.4 Å². The number of carbonyl (C=O) groups is 1. The van der Waals surface area contributed by atoms with Crippen LogP contribution in [0.15, 0.2) is 81.4 Å². The summed E-state index contributed by atoms with van der Waals surface area (Å²) < 4.78 is 18.3. The van der Waals surface area contributed by atoms with Gasteiger partial charge >= 0.3 is 0 Å². The summed E-state index contributed by atoms with van der Waals surface area (Å²) in [4.78, 5) is 18.6. The summed E-state index contributed by atoms with van der Waals surface area (Å²) in [6, 6.07) is 21.6. The first-order chi connectivity index (χ1) is 19.8. The maximum Gasteiger partial charge on any atom is 0.175 e. The molecule has 3 aromatic carbocycles. The molecule has 5 rings (SSSR count). The van der Waals surface area contributed by atoms with Crippen LogP contribution in [0.5, 0.6) is 17.2 Å². The number of hydrogen-bond donors (Lipinski definition) is 0. The lowest BCUT2D eigenvalue weighted by atomic mass is 9.69. The molecule has 3 unspecified atom stereocenters. The topological polar surface area (TPSA) is 80.9 Å². The Morgan fingerprint density at radius 2 is 1.85 bits per heavy atom. The molecular weight excluding hydrogens is 604 g/mol. The molecule has 2 aliphatic rings. The number of rotatable bonds is 8. The molecule has 210 valence electrons. The van der Waals surface area contributed by atoms with Crippen molar-refractivity contribution in [2.24, 2.45) is 10.9 Å². The number of ketones is 1. The second kappa shape index (κ2) is 12.5. The average molecular weight is 634 g/mol. The Labute approximate surface area is 253 Å². The SMILES string of the molecule is CCOc1cc(C2C3=C(CC(c4ccc(Cl)cc4)CC3=O)N=C(C)C2C#N)cc(Br)c1OCc1cccc(OC)c1. The molecule has 0 fully saturated rings. The molecule has 1 aliphatic carbocycles. The molecule has 3 atom stereocenters. The van der Waals surface area contributed by atoms with Gasteiger partial charge in [-0.3, -0.25) is 9.79 Å². The van der Waals surface area contributed by atoms with Crippen molar-refractivity contribution in [1.29, 1.82) is 5.26 Å². The van der Waals surface area contributed by atoms with Gasteiger partial charge in [-0.05, 0) is 95.2 Å². The molecule has 0 N–H and O–H groups in total. The lowest BCUT2D eigenvalue weighted by Crippen LogP contribution is -2.32. The van der Waals surface area contributed by atoms with Crippen molar-refractivity contribution in [3.63, 3.8) is 0 Å². The van der Waals surface area contributed by atoms with Gasteiger partial charge in [0.05, 0.1) is 30.2 Å². The number of nitrogens with zero attached hydrogens (tertiary/aromatic N) is 2. The van der Waals surface area contributed by atoms with Crippen molar-refractivity contribution in [3.8, 4) is 23.3 Å². The van der Waals surface area contributed by atoms with Crippen LogP contribution in [0.1, 0.15) is 55.2 Å². The quantitative estimate of drug-likeness (QED) is 0.250. The van der Waals surface area contributed by atoms with E-state index in [1.807, 2.05) is 74.5 Å². The molecule has 1 aliphatic heterocycles. The normalized spacial score (nSPS) is 20.1. The van der Waals surface area contributed by atoms with E-state index in [1.54, 1.807) is 7.11 Å². The molecule has 41 heavy (non-hydrogen) atoms. The van der Waals surface area contributed by atoms with Gasteiger partial charge in [-0.25, -0.2) is 0 Å². The van der Waals surface area contributed by atoms with Gasteiger partial charge in [0.25, 0.3) is 0 Å². The molecular formula is C33H30BrClN2O4. The highest BCUT2D eigenvalue weighted by atomic mass is 79.9. The van der Waals surface area contributed by atoms with Crippen LogP contribution in [0, 0.1) is 17.2 Å². The number of methoxy groups -OCH3 is 1. The van der Waals surface area contributed by atoms with Crippen molar-refractivity contribution >= 4 is 39.0 Å². The Kier molecular flexibility index (Phi) is 8.82. The summed E-state index contributed by atoms with van der Waals surface area (Å²) in [5, 5.41) is 10.9. The van der Waals surface area contributed by atoms with Crippen molar-refractivity contribution < 1.29 is 19.0 Å². The minimum atomic E-state index is -0.574. The van der Waals surface area contributed by atoms with Crippen LogP contribution in [-0.2, 0) is 11.4 Å². The summed E-state index contributed by atoms with van der Waals surface area (Å²) in [6.07, 6.45) is 0.973. The first kappa shape index (κ1) is 28.9. The standard InChI is InChI=1S/C33H30BrClN2O4/c1-4-40-30-16-23(13-27(34)33(30)41-18-20-6-5-7-25(12-20)39-3)31-26(17-36)19(2)37-28-14-22(15-29(38)32(28)31)21-8-10-24(35)11-9-21/h5-13,16,22,26,31H,4,14-15,18H2,1-3H3. The smallest absolute Gasteiger partial charge is 0.175 e. The molecule has 0 spiro atoms. The van der Waals surface area contributed by atoms with E-state index >= 15 is 0 Å². The van der Waals surface area contributed by atoms with Crippen molar-refractivity contribution in [3.05, 3.63) is 98.1 Å². The number of carbonyl (C=O) groups excluding carboxylic acids is 1. The van der Waals surface area contributed by atoms with Crippen LogP contribution in [0.2, 0.25) is 5.02 Å². The molecule has 0 aromatic heterocycles. The number of benzene rings is 3. The molecule has 0 amide bonds. The summed E-state index contributed by atoms with van der Waals surface area (Å²) in [7, 11) is 1.63. The molecule has 6 nitrogen and oxygen atoms in total. The van der Waals surface area contributed by atoms with E-state index in [4.69, 9.17) is 30.8 Å².